The highest BCUT2D eigenvalue weighted by molar-refractivity contribution is 5.46. The van der Waals surface area contributed by atoms with Gasteiger partial charge in [0.2, 0.25) is 0 Å². The van der Waals surface area contributed by atoms with E-state index in [0.29, 0.717) is 19.0 Å². The van der Waals surface area contributed by atoms with E-state index in [1.54, 1.807) is 12.4 Å². The molecule has 98 valence electrons. The molecule has 1 aliphatic rings. The van der Waals surface area contributed by atoms with Gasteiger partial charge in [0, 0.05) is 18.0 Å². The van der Waals surface area contributed by atoms with Crippen LogP contribution in [0.1, 0.15) is 22.8 Å². The molecule has 0 saturated carbocycles. The van der Waals surface area contributed by atoms with Gasteiger partial charge in [-0.1, -0.05) is 12.1 Å². The lowest BCUT2D eigenvalue weighted by molar-refractivity contribution is 0.169. The van der Waals surface area contributed by atoms with Crippen molar-refractivity contribution in [1.29, 1.82) is 0 Å². The molecule has 2 heterocycles. The Morgan fingerprint density at radius 3 is 2.63 bits per heavy atom. The van der Waals surface area contributed by atoms with Crippen LogP contribution in [0.3, 0.4) is 0 Å². The lowest BCUT2D eigenvalue weighted by Gasteiger charge is -2.20. The Kier molecular flexibility index (Phi) is 3.09. The third kappa shape index (κ3) is 2.39. The first kappa shape index (κ1) is 12.0. The molecule has 1 N–H and O–H groups in total. The molecule has 0 spiro atoms. The zero-order valence-electron chi connectivity index (χ0n) is 10.7. The molecule has 1 aromatic carbocycles. The van der Waals surface area contributed by atoms with Crippen LogP contribution in [0, 0.1) is 6.92 Å². The fourth-order valence-corrected chi connectivity index (χ4v) is 2.15. The third-order valence-corrected chi connectivity index (χ3v) is 3.09. The van der Waals surface area contributed by atoms with Crippen LogP contribution < -0.4 is 9.47 Å². The molecule has 3 rings (SSSR count). The van der Waals surface area contributed by atoms with Gasteiger partial charge in [0.25, 0.3) is 0 Å². The first-order chi connectivity index (χ1) is 9.24. The molecule has 0 saturated heterocycles. The van der Waals surface area contributed by atoms with Crippen molar-refractivity contribution < 1.29 is 14.6 Å². The van der Waals surface area contributed by atoms with Crippen LogP contribution in [0.2, 0.25) is 0 Å². The number of aliphatic hydroxyl groups excluding tert-OH is 1. The van der Waals surface area contributed by atoms with Gasteiger partial charge in [0.15, 0.2) is 11.5 Å². The SMILES string of the molecule is Cc1cncc(C(O)c2ccc3c(c2)OCCO3)c1. The van der Waals surface area contributed by atoms with Gasteiger partial charge in [-0.05, 0) is 30.2 Å². The third-order valence-electron chi connectivity index (χ3n) is 3.09. The summed E-state index contributed by atoms with van der Waals surface area (Å²) < 4.78 is 11.0. The molecule has 4 heteroatoms. The average molecular weight is 257 g/mol. The van der Waals surface area contributed by atoms with Gasteiger partial charge in [0.1, 0.15) is 19.3 Å². The molecule has 0 radical (unpaired) electrons. The van der Waals surface area contributed by atoms with Crippen LogP contribution in [0.25, 0.3) is 0 Å². The molecule has 0 aliphatic carbocycles. The van der Waals surface area contributed by atoms with E-state index in [0.717, 1.165) is 22.4 Å². The minimum absolute atomic E-state index is 0.540. The smallest absolute Gasteiger partial charge is 0.161 e. The standard InChI is InChI=1S/C15H15NO3/c1-10-6-12(9-16-8-10)15(17)11-2-3-13-14(7-11)19-5-4-18-13/h2-3,6-9,15,17H,4-5H2,1H3. The predicted octanol–water partition coefficient (Wildman–Crippen LogP) is 2.24. The highest BCUT2D eigenvalue weighted by atomic mass is 16.6. The summed E-state index contributed by atoms with van der Waals surface area (Å²) in [5, 5.41) is 10.4. The van der Waals surface area contributed by atoms with E-state index in [-0.39, 0.29) is 0 Å². The summed E-state index contributed by atoms with van der Waals surface area (Å²) in [4.78, 5) is 4.10. The molecule has 4 nitrogen and oxygen atoms in total. The number of aliphatic hydroxyl groups is 1. The molecule has 19 heavy (non-hydrogen) atoms. The van der Waals surface area contributed by atoms with Gasteiger partial charge in [0.05, 0.1) is 0 Å². The zero-order valence-corrected chi connectivity index (χ0v) is 10.7. The van der Waals surface area contributed by atoms with Crippen molar-refractivity contribution in [2.24, 2.45) is 0 Å². The van der Waals surface area contributed by atoms with E-state index in [1.807, 2.05) is 31.2 Å². The van der Waals surface area contributed by atoms with Crippen molar-refractivity contribution in [2.75, 3.05) is 13.2 Å². The maximum absolute atomic E-state index is 10.4. The Morgan fingerprint density at radius 2 is 1.84 bits per heavy atom. The highest BCUT2D eigenvalue weighted by Gasteiger charge is 2.16. The van der Waals surface area contributed by atoms with E-state index < -0.39 is 6.10 Å². The Balaban J connectivity index is 1.93. The van der Waals surface area contributed by atoms with Gasteiger partial charge in [-0.15, -0.1) is 0 Å². The molecular formula is C15H15NO3. The fraction of sp³-hybridized carbons (Fsp3) is 0.267. The Bertz CT molecular complexity index is 598. The summed E-state index contributed by atoms with van der Waals surface area (Å²) in [6.45, 7) is 3.06. The number of nitrogens with zero attached hydrogens (tertiary/aromatic N) is 1. The topological polar surface area (TPSA) is 51.6 Å². The maximum Gasteiger partial charge on any atom is 0.161 e. The largest absolute Gasteiger partial charge is 0.486 e. The van der Waals surface area contributed by atoms with Crippen LogP contribution in [0.4, 0.5) is 0 Å². The number of aryl methyl sites for hydroxylation is 1. The van der Waals surface area contributed by atoms with E-state index >= 15 is 0 Å². The number of ether oxygens (including phenoxy) is 2. The van der Waals surface area contributed by atoms with Gasteiger partial charge in [-0.2, -0.15) is 0 Å². The average Bonchev–Trinajstić information content (AvgIpc) is 2.46. The summed E-state index contributed by atoms with van der Waals surface area (Å²) in [6, 6.07) is 7.42. The highest BCUT2D eigenvalue weighted by Crippen LogP contribution is 2.34. The van der Waals surface area contributed by atoms with Gasteiger partial charge < -0.3 is 14.6 Å². The van der Waals surface area contributed by atoms with Crippen molar-refractivity contribution in [3.8, 4) is 11.5 Å². The number of pyridine rings is 1. The van der Waals surface area contributed by atoms with Crippen LogP contribution in [0.5, 0.6) is 11.5 Å². The fourth-order valence-electron chi connectivity index (χ4n) is 2.15. The normalized spacial score (nSPS) is 15.1. The van der Waals surface area contributed by atoms with Crippen molar-refractivity contribution in [3.63, 3.8) is 0 Å². The van der Waals surface area contributed by atoms with Crippen molar-refractivity contribution >= 4 is 0 Å². The second kappa shape index (κ2) is 4.90. The summed E-state index contributed by atoms with van der Waals surface area (Å²) in [5.41, 5.74) is 2.57. The predicted molar refractivity (Wildman–Crippen MR) is 70.5 cm³/mol. The molecule has 0 bridgehead atoms. The van der Waals surface area contributed by atoms with Gasteiger partial charge in [-0.25, -0.2) is 0 Å². The van der Waals surface area contributed by atoms with Crippen LogP contribution in [0.15, 0.2) is 36.7 Å². The molecule has 1 aliphatic heterocycles. The van der Waals surface area contributed by atoms with E-state index in [4.69, 9.17) is 9.47 Å². The minimum Gasteiger partial charge on any atom is -0.486 e. The first-order valence-corrected chi connectivity index (χ1v) is 6.23. The Morgan fingerprint density at radius 1 is 1.05 bits per heavy atom. The van der Waals surface area contributed by atoms with Crippen LogP contribution in [-0.4, -0.2) is 23.3 Å². The van der Waals surface area contributed by atoms with Crippen LogP contribution in [-0.2, 0) is 0 Å². The minimum atomic E-state index is -0.705. The number of hydrogen-bond acceptors (Lipinski definition) is 4. The summed E-state index contributed by atoms with van der Waals surface area (Å²) >= 11 is 0. The quantitative estimate of drug-likeness (QED) is 0.896. The summed E-state index contributed by atoms with van der Waals surface area (Å²) in [6.07, 6.45) is 2.73. The maximum atomic E-state index is 10.4. The number of aromatic nitrogens is 1. The second-order valence-corrected chi connectivity index (χ2v) is 4.60. The molecule has 1 aromatic heterocycles. The van der Waals surface area contributed by atoms with E-state index in [2.05, 4.69) is 4.98 Å². The molecule has 1 unspecified atom stereocenters. The summed E-state index contributed by atoms with van der Waals surface area (Å²) in [7, 11) is 0. The molecule has 0 fully saturated rings. The second-order valence-electron chi connectivity index (χ2n) is 4.60. The number of rotatable bonds is 2. The van der Waals surface area contributed by atoms with Crippen molar-refractivity contribution in [2.45, 2.75) is 13.0 Å². The van der Waals surface area contributed by atoms with Gasteiger partial charge >= 0.3 is 0 Å². The number of benzene rings is 1. The number of fused-ring (bicyclic) bond motifs is 1. The monoisotopic (exact) mass is 257 g/mol. The summed E-state index contributed by atoms with van der Waals surface area (Å²) in [5.74, 6) is 1.41. The molecular weight excluding hydrogens is 242 g/mol. The zero-order chi connectivity index (χ0) is 13.2. The molecule has 1 atom stereocenters. The lowest BCUT2D eigenvalue weighted by Crippen LogP contribution is -2.15. The van der Waals surface area contributed by atoms with Crippen molar-refractivity contribution in [3.05, 3.63) is 53.3 Å². The van der Waals surface area contributed by atoms with Gasteiger partial charge in [-0.3, -0.25) is 4.98 Å². The van der Waals surface area contributed by atoms with E-state index in [9.17, 15) is 5.11 Å². The first-order valence-electron chi connectivity index (χ1n) is 6.23. The van der Waals surface area contributed by atoms with Crippen LogP contribution >= 0.6 is 0 Å². The Hall–Kier alpha value is -2.07. The molecule has 2 aromatic rings. The lowest BCUT2D eigenvalue weighted by atomic mass is 10.0. The Labute approximate surface area is 111 Å². The molecule has 0 amide bonds. The van der Waals surface area contributed by atoms with E-state index in [1.165, 1.54) is 0 Å². The van der Waals surface area contributed by atoms with Crippen molar-refractivity contribution in [1.82, 2.24) is 4.98 Å². The number of hydrogen-bond donors (Lipinski definition) is 1.